The van der Waals surface area contributed by atoms with Crippen molar-refractivity contribution in [1.82, 2.24) is 0 Å². The summed E-state index contributed by atoms with van der Waals surface area (Å²) in [5.74, 6) is -2.69. The van der Waals surface area contributed by atoms with E-state index in [0.29, 0.717) is 23.1 Å². The summed E-state index contributed by atoms with van der Waals surface area (Å²) < 4.78 is 39.9. The molecule has 0 saturated carbocycles. The molecule has 0 aliphatic rings. The Morgan fingerprint density at radius 2 is 1.18 bits per heavy atom. The molecule has 170 valence electrons. The van der Waals surface area contributed by atoms with Gasteiger partial charge in [-0.15, -0.1) is 0 Å². The second-order valence-electron chi connectivity index (χ2n) is 7.55. The van der Waals surface area contributed by atoms with Gasteiger partial charge in [-0.3, -0.25) is 4.79 Å². The van der Waals surface area contributed by atoms with Gasteiger partial charge in [0.05, 0.1) is 0 Å². The lowest BCUT2D eigenvalue weighted by Crippen LogP contribution is -2.04. The predicted octanol–water partition coefficient (Wildman–Crippen LogP) is 6.37. The van der Waals surface area contributed by atoms with Crippen molar-refractivity contribution in [1.29, 1.82) is 0 Å². The Morgan fingerprint density at radius 3 is 1.58 bits per heavy atom. The molecule has 0 saturated heterocycles. The average Bonchev–Trinajstić information content (AvgIpc) is 2.83. The molecule has 0 unspecified atom stereocenters. The maximum Gasteiger partial charge on any atom is 0.333 e. The number of hydrogen-bond donors (Lipinski definition) is 0. The van der Waals surface area contributed by atoms with Crippen LogP contribution in [0.4, 0.5) is 8.78 Å². The molecular formula is C27H24F2O4. The monoisotopic (exact) mass is 450 g/mol. The SMILES string of the molecule is C=C(C)C(=O)OCc1ccc(-c2ccc(-c3ccc(COC(=O)CC)cc3)c(F)c2F)cc1. The quantitative estimate of drug-likeness (QED) is 0.296. The fourth-order valence-electron chi connectivity index (χ4n) is 3.09. The molecule has 33 heavy (non-hydrogen) atoms. The standard InChI is InChI=1S/C27H24F2O4/c1-4-24(30)32-15-18-5-9-20(10-6-18)22-13-14-23(26(29)25(22)28)21-11-7-19(8-12-21)16-33-27(31)17(2)3/h5-14H,2,4,15-16H2,1,3H3. The number of hydrogen-bond acceptors (Lipinski definition) is 4. The van der Waals surface area contributed by atoms with Crippen LogP contribution in [0.3, 0.4) is 0 Å². The van der Waals surface area contributed by atoms with E-state index in [2.05, 4.69) is 6.58 Å². The summed E-state index contributed by atoms with van der Waals surface area (Å²) in [5, 5.41) is 0. The van der Waals surface area contributed by atoms with Crippen molar-refractivity contribution >= 4 is 11.9 Å². The number of benzene rings is 3. The summed E-state index contributed by atoms with van der Waals surface area (Å²) in [6.07, 6.45) is 0.292. The van der Waals surface area contributed by atoms with Gasteiger partial charge in [-0.05, 0) is 29.2 Å². The molecule has 0 amide bonds. The van der Waals surface area contributed by atoms with Crippen LogP contribution in [0, 0.1) is 11.6 Å². The lowest BCUT2D eigenvalue weighted by atomic mass is 9.97. The normalized spacial score (nSPS) is 10.5. The largest absolute Gasteiger partial charge is 0.461 e. The van der Waals surface area contributed by atoms with Crippen LogP contribution in [0.1, 0.15) is 31.4 Å². The molecule has 0 aromatic heterocycles. The summed E-state index contributed by atoms with van der Waals surface area (Å²) in [6, 6.07) is 16.5. The molecule has 0 N–H and O–H groups in total. The van der Waals surface area contributed by atoms with Crippen LogP contribution >= 0.6 is 0 Å². The lowest BCUT2D eigenvalue weighted by Gasteiger charge is -2.11. The number of esters is 2. The molecule has 3 aromatic carbocycles. The molecule has 3 rings (SSSR count). The van der Waals surface area contributed by atoms with Crippen molar-refractivity contribution in [3.05, 3.63) is 95.6 Å². The topological polar surface area (TPSA) is 52.6 Å². The average molecular weight is 450 g/mol. The minimum absolute atomic E-state index is 0.0649. The van der Waals surface area contributed by atoms with E-state index in [0.717, 1.165) is 11.1 Å². The van der Waals surface area contributed by atoms with E-state index in [1.807, 2.05) is 0 Å². The van der Waals surface area contributed by atoms with Gasteiger partial charge in [-0.1, -0.05) is 74.2 Å². The summed E-state index contributed by atoms with van der Waals surface area (Å²) >= 11 is 0. The molecule has 0 aliphatic heterocycles. The summed E-state index contributed by atoms with van der Waals surface area (Å²) in [7, 11) is 0. The van der Waals surface area contributed by atoms with Crippen LogP contribution in [-0.4, -0.2) is 11.9 Å². The Kier molecular flexibility index (Phi) is 7.72. The molecule has 6 heteroatoms. The fraction of sp³-hybridized carbons (Fsp3) is 0.185. The number of rotatable bonds is 8. The van der Waals surface area contributed by atoms with Gasteiger partial charge in [0.25, 0.3) is 0 Å². The molecule has 4 nitrogen and oxygen atoms in total. The first-order valence-corrected chi connectivity index (χ1v) is 10.4. The van der Waals surface area contributed by atoms with E-state index in [4.69, 9.17) is 9.47 Å². The minimum Gasteiger partial charge on any atom is -0.461 e. The van der Waals surface area contributed by atoms with E-state index in [1.54, 1.807) is 62.4 Å². The van der Waals surface area contributed by atoms with Gasteiger partial charge in [0.2, 0.25) is 0 Å². The predicted molar refractivity (Wildman–Crippen MR) is 122 cm³/mol. The van der Waals surface area contributed by atoms with Crippen molar-refractivity contribution in [2.24, 2.45) is 0 Å². The van der Waals surface area contributed by atoms with E-state index >= 15 is 0 Å². The van der Waals surface area contributed by atoms with Gasteiger partial charge in [0.1, 0.15) is 13.2 Å². The Balaban J connectivity index is 1.75. The first-order chi connectivity index (χ1) is 15.8. The highest BCUT2D eigenvalue weighted by atomic mass is 19.2. The smallest absolute Gasteiger partial charge is 0.333 e. The molecule has 0 bridgehead atoms. The lowest BCUT2D eigenvalue weighted by molar-refractivity contribution is -0.144. The van der Waals surface area contributed by atoms with Crippen LogP contribution in [0.25, 0.3) is 22.3 Å². The second-order valence-corrected chi connectivity index (χ2v) is 7.55. The summed E-state index contributed by atoms with van der Waals surface area (Å²) in [6.45, 7) is 6.99. The highest BCUT2D eigenvalue weighted by Crippen LogP contribution is 2.32. The van der Waals surface area contributed by atoms with E-state index in [-0.39, 0.29) is 30.3 Å². The summed E-state index contributed by atoms with van der Waals surface area (Å²) in [5.41, 5.74) is 3.06. The van der Waals surface area contributed by atoms with Crippen molar-refractivity contribution in [2.75, 3.05) is 0 Å². The molecular weight excluding hydrogens is 426 g/mol. The first kappa shape index (κ1) is 23.9. The highest BCUT2D eigenvalue weighted by Gasteiger charge is 2.16. The van der Waals surface area contributed by atoms with Gasteiger partial charge in [0.15, 0.2) is 11.6 Å². The highest BCUT2D eigenvalue weighted by molar-refractivity contribution is 5.86. The van der Waals surface area contributed by atoms with Crippen LogP contribution in [0.2, 0.25) is 0 Å². The number of halogens is 2. The van der Waals surface area contributed by atoms with Crippen molar-refractivity contribution in [3.63, 3.8) is 0 Å². The van der Waals surface area contributed by atoms with E-state index in [1.165, 1.54) is 12.1 Å². The molecule has 3 aromatic rings. The zero-order valence-electron chi connectivity index (χ0n) is 18.5. The zero-order chi connectivity index (χ0) is 24.0. The Bertz CT molecular complexity index is 1170. The van der Waals surface area contributed by atoms with Gasteiger partial charge in [-0.25, -0.2) is 13.6 Å². The third-order valence-corrected chi connectivity index (χ3v) is 5.02. The van der Waals surface area contributed by atoms with Crippen molar-refractivity contribution in [3.8, 4) is 22.3 Å². The molecule has 0 heterocycles. The molecule has 0 radical (unpaired) electrons. The van der Waals surface area contributed by atoms with E-state index in [9.17, 15) is 18.4 Å². The zero-order valence-corrected chi connectivity index (χ0v) is 18.5. The number of carbonyl (C=O) groups excluding carboxylic acids is 2. The molecule has 0 spiro atoms. The second kappa shape index (κ2) is 10.7. The molecule has 0 atom stereocenters. The number of ether oxygens (including phenoxy) is 2. The van der Waals surface area contributed by atoms with Crippen molar-refractivity contribution in [2.45, 2.75) is 33.5 Å². The molecule has 0 fully saturated rings. The van der Waals surface area contributed by atoms with Gasteiger partial charge in [0, 0.05) is 23.1 Å². The Hall–Kier alpha value is -3.80. The van der Waals surface area contributed by atoms with Crippen LogP contribution in [0.15, 0.2) is 72.8 Å². The van der Waals surface area contributed by atoms with Crippen molar-refractivity contribution < 1.29 is 27.8 Å². The van der Waals surface area contributed by atoms with E-state index < -0.39 is 17.6 Å². The fourth-order valence-corrected chi connectivity index (χ4v) is 3.09. The third-order valence-electron chi connectivity index (χ3n) is 5.02. The Morgan fingerprint density at radius 1 is 0.758 bits per heavy atom. The van der Waals surface area contributed by atoms with Crippen LogP contribution in [-0.2, 0) is 32.3 Å². The van der Waals surface area contributed by atoms with Gasteiger partial charge >= 0.3 is 11.9 Å². The Labute approximate surface area is 191 Å². The summed E-state index contributed by atoms with van der Waals surface area (Å²) in [4.78, 5) is 22.8. The maximum atomic E-state index is 14.9. The minimum atomic E-state index is -0.949. The maximum absolute atomic E-state index is 14.9. The van der Waals surface area contributed by atoms with Gasteiger partial charge in [-0.2, -0.15) is 0 Å². The molecule has 0 aliphatic carbocycles. The number of carbonyl (C=O) groups is 2. The third kappa shape index (κ3) is 5.92. The van der Waals surface area contributed by atoms with Crippen LogP contribution in [0.5, 0.6) is 0 Å². The first-order valence-electron chi connectivity index (χ1n) is 10.4. The van der Waals surface area contributed by atoms with Crippen LogP contribution < -0.4 is 0 Å². The van der Waals surface area contributed by atoms with Gasteiger partial charge < -0.3 is 9.47 Å².